The molecule has 0 unspecified atom stereocenters. The van der Waals surface area contributed by atoms with Crippen LogP contribution in [-0.2, 0) is 16.2 Å². The minimum Gasteiger partial charge on any atom is -0.311 e. The fourth-order valence-electron chi connectivity index (χ4n) is 14.0. The highest BCUT2D eigenvalue weighted by Crippen LogP contribution is 2.52. The Kier molecular flexibility index (Phi) is 13.7. The van der Waals surface area contributed by atoms with Crippen LogP contribution in [0, 0.1) is 0 Å². The van der Waals surface area contributed by atoms with Gasteiger partial charge in [-0.25, -0.2) is 0 Å². The van der Waals surface area contributed by atoms with E-state index in [1.807, 2.05) is 34.4 Å². The van der Waals surface area contributed by atoms with Gasteiger partial charge in [0.1, 0.15) is 0 Å². The maximum absolute atomic E-state index is 2.65. The van der Waals surface area contributed by atoms with Crippen LogP contribution in [0.3, 0.4) is 0 Å². The molecule has 0 saturated heterocycles. The van der Waals surface area contributed by atoms with Crippen molar-refractivity contribution in [3.63, 3.8) is 0 Å². The lowest BCUT2D eigenvalue weighted by atomic mass is 9.34. The second kappa shape index (κ2) is 21.8. The van der Waals surface area contributed by atoms with E-state index >= 15 is 0 Å². The van der Waals surface area contributed by atoms with Crippen LogP contribution >= 0.6 is 34.4 Å². The van der Waals surface area contributed by atoms with E-state index in [4.69, 9.17) is 0 Å². The quantitative estimate of drug-likeness (QED) is 0.133. The summed E-state index contributed by atoms with van der Waals surface area (Å²) in [6.45, 7) is 20.7. The van der Waals surface area contributed by atoms with Gasteiger partial charge >= 0.3 is 0 Å². The van der Waals surface area contributed by atoms with Crippen LogP contribution in [-0.4, -0.2) is 6.71 Å². The normalized spacial score (nSPS) is 13.0. The highest BCUT2D eigenvalue weighted by atomic mass is 32.2. The van der Waals surface area contributed by atoms with Gasteiger partial charge < -0.3 is 14.7 Å². The summed E-state index contributed by atoms with van der Waals surface area (Å²) in [5.41, 5.74) is 22.7. The molecule has 91 heavy (non-hydrogen) atoms. The van der Waals surface area contributed by atoms with Crippen molar-refractivity contribution in [1.82, 2.24) is 0 Å². The summed E-state index contributed by atoms with van der Waals surface area (Å²) in [4.78, 5) is 10.0. The molecule has 4 heterocycles. The van der Waals surface area contributed by atoms with E-state index in [2.05, 4.69) is 338 Å². The fourth-order valence-corrected chi connectivity index (χ4v) is 17.5. The first-order valence-corrected chi connectivity index (χ1v) is 34.3. The van der Waals surface area contributed by atoms with E-state index in [0.717, 1.165) is 45.5 Å². The summed E-state index contributed by atoms with van der Waals surface area (Å²) in [5, 5.41) is 5.39. The molecule has 0 bridgehead atoms. The number of nitrogens with zero attached hydrogens (tertiary/aromatic N) is 3. The summed E-state index contributed by atoms with van der Waals surface area (Å²) in [6.07, 6.45) is 0. The molecule has 0 saturated carbocycles. The molecule has 0 fully saturated rings. The molecule has 442 valence electrons. The molecule has 2 aromatic heterocycles. The number of benzene rings is 12. The highest BCUT2D eigenvalue weighted by molar-refractivity contribution is 8.00. The SMILES string of the molecule is CC(C)(C)c1ccc(N(c2ccc(C(C)(C)C)cc2)c2ccc3c(c2)N(c2ccc(C(C)(C)C)cc2-c2ccccc2)c2cc(-c4ccc5c(c4)sc4ccc6sc7ccccc7c6c45)cc4c2B3c2ccc(N(c3ccccc3)c3ccccc3)cc2S4)cc1. The van der Waals surface area contributed by atoms with Crippen molar-refractivity contribution in [3.8, 4) is 22.3 Å². The molecule has 2 aliphatic heterocycles. The Morgan fingerprint density at radius 3 is 1.43 bits per heavy atom. The van der Waals surface area contributed by atoms with Crippen molar-refractivity contribution in [2.75, 3.05) is 14.7 Å². The standard InChI is InChI=1S/C84H70BN3S3/c1-82(2,3)56-30-35-61(36-31-56)87(62-37-32-57(33-38-62)83(4,5)6)63-39-42-68-71(51-63)88(70-44-34-58(84(7,8)9)50-67(70)53-21-13-10-14-22-53)72-47-55(54-29-41-66-76(48-54)90-75-46-45-74-79(80(66)75)65-27-19-20-28-73(65)89-74)49-78-81(72)85(68)69-43-40-64(52-77(69)91-78)86(59-23-15-11-16-24-59)60-25-17-12-18-26-60/h10-52H,1-9H3. The molecule has 0 aliphatic carbocycles. The van der Waals surface area contributed by atoms with E-state index in [0.29, 0.717) is 0 Å². The van der Waals surface area contributed by atoms with Gasteiger partial charge in [0.25, 0.3) is 0 Å². The summed E-state index contributed by atoms with van der Waals surface area (Å²) in [6, 6.07) is 99.1. The van der Waals surface area contributed by atoms with Crippen molar-refractivity contribution in [1.29, 1.82) is 0 Å². The number of anilines is 9. The lowest BCUT2D eigenvalue weighted by Gasteiger charge is -2.42. The number of fused-ring (bicyclic) bond motifs is 11. The summed E-state index contributed by atoms with van der Waals surface area (Å²) in [7, 11) is 0. The summed E-state index contributed by atoms with van der Waals surface area (Å²) < 4.78 is 5.29. The Hall–Kier alpha value is -9.11. The molecule has 16 rings (SSSR count). The van der Waals surface area contributed by atoms with Crippen LogP contribution in [0.4, 0.5) is 51.2 Å². The molecule has 14 aromatic rings. The minimum atomic E-state index is -0.0892. The van der Waals surface area contributed by atoms with Gasteiger partial charge in [-0.3, -0.25) is 0 Å². The molecule has 3 nitrogen and oxygen atoms in total. The van der Waals surface area contributed by atoms with Crippen LogP contribution in [0.15, 0.2) is 271 Å². The Balaban J connectivity index is 0.969. The highest BCUT2D eigenvalue weighted by Gasteiger charge is 2.43. The number of rotatable bonds is 9. The molecular weight excluding hydrogens is 1160 g/mol. The van der Waals surface area contributed by atoms with Gasteiger partial charge in [-0.05, 0) is 182 Å². The van der Waals surface area contributed by atoms with Crippen molar-refractivity contribution in [3.05, 3.63) is 278 Å². The third-order valence-corrected chi connectivity index (χ3v) is 22.2. The minimum absolute atomic E-state index is 0.000644. The largest absolute Gasteiger partial charge is 0.311 e. The van der Waals surface area contributed by atoms with Gasteiger partial charge in [0, 0.05) is 101 Å². The lowest BCUT2D eigenvalue weighted by molar-refractivity contribution is 0.590. The number of hydrogen-bond donors (Lipinski definition) is 0. The van der Waals surface area contributed by atoms with Gasteiger partial charge in [0.2, 0.25) is 6.71 Å². The zero-order valence-corrected chi connectivity index (χ0v) is 55.4. The molecule has 0 radical (unpaired) electrons. The topological polar surface area (TPSA) is 9.72 Å². The molecule has 0 N–H and O–H groups in total. The van der Waals surface area contributed by atoms with E-state index in [1.165, 1.54) is 111 Å². The molecule has 7 heteroatoms. The van der Waals surface area contributed by atoms with E-state index in [-0.39, 0.29) is 23.0 Å². The first-order chi connectivity index (χ1) is 44.0. The van der Waals surface area contributed by atoms with E-state index < -0.39 is 0 Å². The lowest BCUT2D eigenvalue weighted by Crippen LogP contribution is -2.59. The van der Waals surface area contributed by atoms with Crippen LogP contribution in [0.1, 0.15) is 79.0 Å². The number of thiophene rings is 2. The van der Waals surface area contributed by atoms with E-state index in [9.17, 15) is 0 Å². The third kappa shape index (κ3) is 9.96. The van der Waals surface area contributed by atoms with Crippen LogP contribution < -0.4 is 31.1 Å². The average molecular weight is 1230 g/mol. The van der Waals surface area contributed by atoms with Crippen molar-refractivity contribution < 1.29 is 0 Å². The Morgan fingerprint density at radius 2 is 0.824 bits per heavy atom. The van der Waals surface area contributed by atoms with Crippen molar-refractivity contribution >= 4 is 149 Å². The number of hydrogen-bond acceptors (Lipinski definition) is 6. The monoisotopic (exact) mass is 1230 g/mol. The van der Waals surface area contributed by atoms with Gasteiger partial charge in [-0.1, -0.05) is 219 Å². The third-order valence-electron chi connectivity index (χ3n) is 18.8. The number of para-hydroxylation sites is 2. The molecular formula is C84H70BN3S3. The molecule has 0 atom stereocenters. The zero-order valence-electron chi connectivity index (χ0n) is 53.0. The zero-order chi connectivity index (χ0) is 62.1. The summed E-state index contributed by atoms with van der Waals surface area (Å²) in [5.74, 6) is 0. The molecule has 0 spiro atoms. The maximum Gasteiger partial charge on any atom is 0.249 e. The van der Waals surface area contributed by atoms with Gasteiger partial charge in [0.15, 0.2) is 0 Å². The first kappa shape index (κ1) is 57.1. The Bertz CT molecular complexity index is 5050. The Morgan fingerprint density at radius 1 is 0.319 bits per heavy atom. The van der Waals surface area contributed by atoms with E-state index in [1.54, 1.807) is 0 Å². The van der Waals surface area contributed by atoms with Crippen molar-refractivity contribution in [2.24, 2.45) is 0 Å². The second-order valence-corrected chi connectivity index (χ2v) is 31.0. The van der Waals surface area contributed by atoms with Crippen molar-refractivity contribution in [2.45, 2.75) is 88.3 Å². The van der Waals surface area contributed by atoms with Crippen LogP contribution in [0.25, 0.3) is 62.6 Å². The smallest absolute Gasteiger partial charge is 0.249 e. The van der Waals surface area contributed by atoms with Crippen LogP contribution in [0.5, 0.6) is 0 Å². The predicted octanol–water partition coefficient (Wildman–Crippen LogP) is 23.4. The second-order valence-electron chi connectivity index (χ2n) is 27.7. The average Bonchev–Trinajstić information content (AvgIpc) is 1.09. The molecule has 2 aliphatic rings. The summed E-state index contributed by atoms with van der Waals surface area (Å²) >= 11 is 5.73. The Labute approximate surface area is 548 Å². The predicted molar refractivity (Wildman–Crippen MR) is 398 cm³/mol. The van der Waals surface area contributed by atoms with Gasteiger partial charge in [-0.2, -0.15) is 0 Å². The fraction of sp³-hybridized carbons (Fsp3) is 0.143. The van der Waals surface area contributed by atoms with Crippen LogP contribution in [0.2, 0.25) is 0 Å². The van der Waals surface area contributed by atoms with Gasteiger partial charge in [-0.15, -0.1) is 22.7 Å². The van der Waals surface area contributed by atoms with Gasteiger partial charge in [0.05, 0.1) is 5.69 Å². The molecule has 0 amide bonds. The first-order valence-electron chi connectivity index (χ1n) is 31.8. The maximum atomic E-state index is 2.65. The molecule has 12 aromatic carbocycles.